The van der Waals surface area contributed by atoms with Gasteiger partial charge in [0, 0.05) is 17.2 Å². The number of carbonyl (C=O) groups is 1. The van der Waals surface area contributed by atoms with Crippen molar-refractivity contribution in [1.82, 2.24) is 24.5 Å². The van der Waals surface area contributed by atoms with E-state index in [2.05, 4.69) is 40.8 Å². The average Bonchev–Trinajstić information content (AvgIpc) is 3.34. The number of rotatable bonds is 9. The Kier molecular flexibility index (Phi) is 7.52. The fourth-order valence-electron chi connectivity index (χ4n) is 2.89. The molecule has 0 aliphatic carbocycles. The van der Waals surface area contributed by atoms with Crippen LogP contribution in [-0.4, -0.2) is 59.5 Å². The fourth-order valence-corrected chi connectivity index (χ4v) is 3.68. The van der Waals surface area contributed by atoms with Crippen molar-refractivity contribution in [3.05, 3.63) is 46.9 Å². The van der Waals surface area contributed by atoms with Crippen molar-refractivity contribution in [3.63, 3.8) is 0 Å². The van der Waals surface area contributed by atoms with Crippen LogP contribution in [0.1, 0.15) is 61.2 Å². The molecule has 0 saturated heterocycles. The first kappa shape index (κ1) is 24.8. The summed E-state index contributed by atoms with van der Waals surface area (Å²) in [7, 11) is 0. The van der Waals surface area contributed by atoms with Crippen molar-refractivity contribution in [1.29, 1.82) is 0 Å². The van der Waals surface area contributed by atoms with E-state index in [1.807, 2.05) is 6.07 Å². The Morgan fingerprint density at radius 3 is 2.70 bits per heavy atom. The van der Waals surface area contributed by atoms with Crippen molar-refractivity contribution in [2.75, 3.05) is 13.2 Å². The number of aliphatic hydroxyl groups is 2. The van der Waals surface area contributed by atoms with Gasteiger partial charge in [0.1, 0.15) is 18.5 Å². The van der Waals surface area contributed by atoms with E-state index in [4.69, 9.17) is 14.0 Å². The number of fused-ring (bicyclic) bond motifs is 1. The number of aromatic amines is 1. The second-order valence-corrected chi connectivity index (χ2v) is 9.62. The summed E-state index contributed by atoms with van der Waals surface area (Å²) in [5, 5.41) is 29.7. The summed E-state index contributed by atoms with van der Waals surface area (Å²) in [4.78, 5) is 12.2. The minimum atomic E-state index is -1.95. The third-order valence-corrected chi connectivity index (χ3v) is 5.77. The lowest BCUT2D eigenvalue weighted by Gasteiger charge is -2.16. The van der Waals surface area contributed by atoms with E-state index in [1.54, 1.807) is 24.4 Å². The molecular weight excluding hydrogens is 450 g/mol. The highest BCUT2D eigenvalue weighted by atomic mass is 32.2. The molecule has 3 rings (SSSR count). The minimum absolute atomic E-state index is 0.0968. The largest absolute Gasteiger partial charge is 0.459 e. The molecule has 0 aliphatic heterocycles. The zero-order valence-corrected chi connectivity index (χ0v) is 20.0. The molecule has 180 valence electrons. The Hall–Kier alpha value is -2.80. The van der Waals surface area contributed by atoms with E-state index >= 15 is 0 Å². The second kappa shape index (κ2) is 10.00. The van der Waals surface area contributed by atoms with Crippen LogP contribution in [0.25, 0.3) is 5.65 Å². The van der Waals surface area contributed by atoms with Crippen LogP contribution in [0, 0.1) is 6.92 Å². The Morgan fingerprint density at radius 1 is 1.30 bits per heavy atom. The van der Waals surface area contributed by atoms with Crippen molar-refractivity contribution < 1.29 is 28.1 Å². The number of aryl methyl sites for hydroxylation is 1. The molecule has 0 aliphatic rings. The SMILES string of the molecule is Cc1ccc(C(=O)OCC(O)CO)cc1OS(=O)NC(C)c1nnc2cc(C(C)(C)C)[nH]n12. The minimum Gasteiger partial charge on any atom is -0.459 e. The number of carbonyl (C=O) groups excluding carboxylic acids is 1. The van der Waals surface area contributed by atoms with Gasteiger partial charge < -0.3 is 19.1 Å². The third kappa shape index (κ3) is 5.96. The molecule has 0 saturated carbocycles. The quantitative estimate of drug-likeness (QED) is 0.337. The molecule has 0 spiro atoms. The molecule has 4 N–H and O–H groups in total. The summed E-state index contributed by atoms with van der Waals surface area (Å²) in [5.41, 5.74) is 2.37. The Balaban J connectivity index is 1.68. The fraction of sp³-hybridized carbons (Fsp3) is 0.476. The van der Waals surface area contributed by atoms with Crippen molar-refractivity contribution >= 4 is 22.9 Å². The molecule has 0 amide bonds. The predicted octanol–water partition coefficient (Wildman–Crippen LogP) is 1.48. The average molecular weight is 480 g/mol. The smallest absolute Gasteiger partial charge is 0.338 e. The summed E-state index contributed by atoms with van der Waals surface area (Å²) < 4.78 is 27.7. The first-order valence-electron chi connectivity index (χ1n) is 10.4. The van der Waals surface area contributed by atoms with Gasteiger partial charge in [0.15, 0.2) is 11.5 Å². The monoisotopic (exact) mass is 479 g/mol. The molecule has 0 bridgehead atoms. The van der Waals surface area contributed by atoms with Gasteiger partial charge in [-0.2, -0.15) is 8.93 Å². The van der Waals surface area contributed by atoms with Gasteiger partial charge in [-0.05, 0) is 31.5 Å². The van der Waals surface area contributed by atoms with Gasteiger partial charge in [0.05, 0.1) is 18.2 Å². The molecule has 2 aromatic heterocycles. The zero-order valence-electron chi connectivity index (χ0n) is 19.2. The molecule has 3 atom stereocenters. The van der Waals surface area contributed by atoms with Crippen LogP contribution in [0.15, 0.2) is 24.3 Å². The Bertz CT molecular complexity index is 1150. The van der Waals surface area contributed by atoms with Gasteiger partial charge in [0.25, 0.3) is 11.3 Å². The van der Waals surface area contributed by atoms with Gasteiger partial charge in [-0.15, -0.1) is 10.2 Å². The Labute approximate surface area is 193 Å². The van der Waals surface area contributed by atoms with Crippen molar-refractivity contribution in [2.45, 2.75) is 52.2 Å². The first-order chi connectivity index (χ1) is 15.5. The predicted molar refractivity (Wildman–Crippen MR) is 121 cm³/mol. The van der Waals surface area contributed by atoms with E-state index in [1.165, 1.54) is 12.1 Å². The maximum absolute atomic E-state index is 12.6. The van der Waals surface area contributed by atoms with Gasteiger partial charge in [-0.1, -0.05) is 26.8 Å². The van der Waals surface area contributed by atoms with Crippen LogP contribution >= 0.6 is 0 Å². The highest BCUT2D eigenvalue weighted by molar-refractivity contribution is 7.78. The number of aromatic nitrogens is 4. The normalized spacial score (nSPS) is 14.8. The topological polar surface area (TPSA) is 151 Å². The standard InChI is InChI=1S/C21H29N5O6S/c1-12-6-7-14(20(29)31-11-15(28)10-27)8-16(12)32-33(30)25-13(2)19-23-22-18-9-17(21(3,4)5)24-26(18)19/h6-9,13,15,24-25,27-28H,10-11H2,1-5H3. The van der Waals surface area contributed by atoms with E-state index in [0.29, 0.717) is 17.0 Å². The summed E-state index contributed by atoms with van der Waals surface area (Å²) >= 11 is -1.95. The third-order valence-electron chi connectivity index (χ3n) is 4.89. The number of nitrogens with one attached hydrogen (secondary N) is 2. The lowest BCUT2D eigenvalue weighted by molar-refractivity contribution is 0.00931. The highest BCUT2D eigenvalue weighted by Gasteiger charge is 2.22. The van der Waals surface area contributed by atoms with Crippen LogP contribution in [0.3, 0.4) is 0 Å². The maximum atomic E-state index is 12.6. The molecule has 33 heavy (non-hydrogen) atoms. The number of H-pyrrole nitrogens is 1. The van der Waals surface area contributed by atoms with Gasteiger partial charge in [0.2, 0.25) is 0 Å². The number of hydrogen-bond acceptors (Lipinski definition) is 8. The number of nitrogens with zero attached hydrogens (tertiary/aromatic N) is 3. The number of aliphatic hydroxyl groups excluding tert-OH is 2. The molecule has 12 heteroatoms. The number of esters is 1. The molecule has 0 fully saturated rings. The van der Waals surface area contributed by atoms with Crippen LogP contribution < -0.4 is 8.91 Å². The van der Waals surface area contributed by atoms with Crippen LogP contribution in [0.4, 0.5) is 0 Å². The maximum Gasteiger partial charge on any atom is 0.338 e. The first-order valence-corrected chi connectivity index (χ1v) is 11.4. The second-order valence-electron chi connectivity index (χ2n) is 8.74. The van der Waals surface area contributed by atoms with Crippen LogP contribution in [0.5, 0.6) is 5.75 Å². The summed E-state index contributed by atoms with van der Waals surface area (Å²) in [6, 6.07) is 6.01. The van der Waals surface area contributed by atoms with E-state index in [0.717, 1.165) is 5.69 Å². The van der Waals surface area contributed by atoms with Crippen molar-refractivity contribution in [2.24, 2.45) is 0 Å². The number of hydrogen-bond donors (Lipinski definition) is 4. The lowest BCUT2D eigenvalue weighted by Crippen LogP contribution is -2.27. The van der Waals surface area contributed by atoms with Gasteiger partial charge in [-0.3, -0.25) is 5.10 Å². The molecule has 2 heterocycles. The molecular formula is C21H29N5O6S. The molecule has 1 aromatic carbocycles. The highest BCUT2D eigenvalue weighted by Crippen LogP contribution is 2.24. The Morgan fingerprint density at radius 2 is 2.03 bits per heavy atom. The molecule has 11 nitrogen and oxygen atoms in total. The van der Waals surface area contributed by atoms with Crippen molar-refractivity contribution in [3.8, 4) is 5.75 Å². The number of benzene rings is 1. The number of ether oxygens (including phenoxy) is 1. The van der Waals surface area contributed by atoms with E-state index in [9.17, 15) is 14.1 Å². The van der Waals surface area contributed by atoms with Crippen LogP contribution in [-0.2, 0) is 21.4 Å². The summed E-state index contributed by atoms with van der Waals surface area (Å²) in [6.07, 6.45) is -1.16. The molecule has 3 aromatic rings. The van der Waals surface area contributed by atoms with Gasteiger partial charge in [-0.25, -0.2) is 9.31 Å². The van der Waals surface area contributed by atoms with Gasteiger partial charge >= 0.3 is 5.97 Å². The van der Waals surface area contributed by atoms with E-state index in [-0.39, 0.29) is 23.3 Å². The molecule has 0 radical (unpaired) electrons. The summed E-state index contributed by atoms with van der Waals surface area (Å²) in [5.74, 6) is 0.0622. The van der Waals surface area contributed by atoms with Crippen LogP contribution in [0.2, 0.25) is 0 Å². The molecule has 3 unspecified atom stereocenters. The summed E-state index contributed by atoms with van der Waals surface area (Å²) in [6.45, 7) is 8.91. The lowest BCUT2D eigenvalue weighted by atomic mass is 9.93. The van der Waals surface area contributed by atoms with E-state index < -0.39 is 36.0 Å². The zero-order chi connectivity index (χ0) is 24.3.